The van der Waals surface area contributed by atoms with Crippen LogP contribution >= 0.6 is 0 Å². The highest BCUT2D eigenvalue weighted by atomic mass is 16.3. The van der Waals surface area contributed by atoms with Gasteiger partial charge in [-0.05, 0) is 37.3 Å². The van der Waals surface area contributed by atoms with Gasteiger partial charge in [0.15, 0.2) is 0 Å². The van der Waals surface area contributed by atoms with Gasteiger partial charge in [0.25, 0.3) is 0 Å². The van der Waals surface area contributed by atoms with Crippen molar-refractivity contribution in [1.29, 1.82) is 0 Å². The van der Waals surface area contributed by atoms with Crippen LogP contribution in [0.2, 0.25) is 0 Å². The van der Waals surface area contributed by atoms with Gasteiger partial charge in [-0.1, -0.05) is 26.2 Å². The highest BCUT2D eigenvalue weighted by Gasteiger charge is 2.27. The third-order valence-electron chi connectivity index (χ3n) is 4.31. The van der Waals surface area contributed by atoms with Crippen molar-refractivity contribution in [3.8, 4) is 0 Å². The molecular weight excluding hydrogens is 252 g/mol. The van der Waals surface area contributed by atoms with E-state index in [0.717, 1.165) is 12.3 Å². The van der Waals surface area contributed by atoms with Crippen molar-refractivity contribution in [1.82, 2.24) is 10.6 Å². The summed E-state index contributed by atoms with van der Waals surface area (Å²) in [7, 11) is 0. The zero-order valence-electron chi connectivity index (χ0n) is 12.6. The summed E-state index contributed by atoms with van der Waals surface area (Å²) >= 11 is 0. The smallest absolute Gasteiger partial charge is 0.237 e. The maximum atomic E-state index is 12.0. The molecule has 0 aromatic carbocycles. The first-order chi connectivity index (χ1) is 9.59. The summed E-state index contributed by atoms with van der Waals surface area (Å²) in [5.74, 6) is 0.811. The van der Waals surface area contributed by atoms with Crippen LogP contribution in [-0.2, 0) is 11.3 Å². The van der Waals surface area contributed by atoms with Crippen LogP contribution in [0.3, 0.4) is 0 Å². The molecule has 1 amide bonds. The topological polar surface area (TPSA) is 54.3 Å². The Morgan fingerprint density at radius 1 is 1.40 bits per heavy atom. The van der Waals surface area contributed by atoms with E-state index in [4.69, 9.17) is 4.42 Å². The molecule has 0 bridgehead atoms. The second-order valence-corrected chi connectivity index (χ2v) is 6.27. The predicted molar refractivity (Wildman–Crippen MR) is 79.2 cm³/mol. The minimum Gasteiger partial charge on any atom is -0.467 e. The first-order valence-electron chi connectivity index (χ1n) is 7.63. The summed E-state index contributed by atoms with van der Waals surface area (Å²) in [5.41, 5.74) is 0.355. The van der Waals surface area contributed by atoms with Crippen molar-refractivity contribution in [2.45, 2.75) is 58.5 Å². The van der Waals surface area contributed by atoms with Gasteiger partial charge in [0.1, 0.15) is 5.76 Å². The van der Waals surface area contributed by atoms with Gasteiger partial charge in [0, 0.05) is 6.54 Å². The normalized spacial score (nSPS) is 19.5. The zero-order chi connectivity index (χ0) is 14.4. The van der Waals surface area contributed by atoms with Crippen molar-refractivity contribution in [2.24, 2.45) is 5.41 Å². The van der Waals surface area contributed by atoms with E-state index in [9.17, 15) is 4.79 Å². The van der Waals surface area contributed by atoms with Crippen molar-refractivity contribution in [3.63, 3.8) is 0 Å². The maximum Gasteiger partial charge on any atom is 0.237 e. The van der Waals surface area contributed by atoms with E-state index < -0.39 is 0 Å². The molecule has 4 nitrogen and oxygen atoms in total. The average Bonchev–Trinajstić information content (AvgIpc) is 2.96. The minimum atomic E-state index is -0.163. The molecular formula is C16H26N2O2. The van der Waals surface area contributed by atoms with E-state index in [0.29, 0.717) is 12.0 Å². The molecule has 1 aliphatic rings. The maximum absolute atomic E-state index is 12.0. The molecule has 2 N–H and O–H groups in total. The molecule has 1 aromatic rings. The molecule has 20 heavy (non-hydrogen) atoms. The summed E-state index contributed by atoms with van der Waals surface area (Å²) in [6, 6.07) is 3.53. The molecule has 0 saturated heterocycles. The first kappa shape index (κ1) is 15.1. The summed E-state index contributed by atoms with van der Waals surface area (Å²) < 4.78 is 5.20. The molecule has 1 aromatic heterocycles. The molecule has 112 valence electrons. The van der Waals surface area contributed by atoms with Crippen LogP contribution in [0.1, 0.15) is 51.7 Å². The van der Waals surface area contributed by atoms with Crippen molar-refractivity contribution in [2.75, 3.05) is 6.54 Å². The van der Waals surface area contributed by atoms with Crippen molar-refractivity contribution < 1.29 is 9.21 Å². The highest BCUT2D eigenvalue weighted by molar-refractivity contribution is 5.81. The van der Waals surface area contributed by atoms with Gasteiger partial charge >= 0.3 is 0 Å². The van der Waals surface area contributed by atoms with E-state index >= 15 is 0 Å². The van der Waals surface area contributed by atoms with Crippen LogP contribution in [0.25, 0.3) is 0 Å². The third-order valence-corrected chi connectivity index (χ3v) is 4.31. The molecule has 1 unspecified atom stereocenters. The number of hydrogen-bond acceptors (Lipinski definition) is 3. The van der Waals surface area contributed by atoms with Gasteiger partial charge < -0.3 is 15.1 Å². The van der Waals surface area contributed by atoms with E-state index in [1.165, 1.54) is 32.1 Å². The Morgan fingerprint density at radius 2 is 2.15 bits per heavy atom. The average molecular weight is 278 g/mol. The fraction of sp³-hybridized carbons (Fsp3) is 0.688. The standard InChI is InChI=1S/C16H26N2O2/c1-13(15(19)17-11-14-7-6-10-20-14)18-12-16(2)8-4-3-5-9-16/h6-7,10,13,18H,3-5,8-9,11-12H2,1-2H3,(H,17,19). The number of carbonyl (C=O) groups excluding carboxylic acids is 1. The molecule has 0 radical (unpaired) electrons. The van der Waals surface area contributed by atoms with Gasteiger partial charge in [0.2, 0.25) is 5.91 Å². The summed E-state index contributed by atoms with van der Waals surface area (Å²) in [6.07, 6.45) is 8.14. The zero-order valence-corrected chi connectivity index (χ0v) is 12.6. The Labute approximate surface area is 121 Å². The summed E-state index contributed by atoms with van der Waals surface area (Å²) in [6.45, 7) is 5.62. The fourth-order valence-electron chi connectivity index (χ4n) is 2.81. The van der Waals surface area contributed by atoms with Crippen LogP contribution in [0.15, 0.2) is 22.8 Å². The van der Waals surface area contributed by atoms with Crippen LogP contribution < -0.4 is 10.6 Å². The third kappa shape index (κ3) is 4.37. The fourth-order valence-corrected chi connectivity index (χ4v) is 2.81. The van der Waals surface area contributed by atoms with Gasteiger partial charge in [-0.25, -0.2) is 0 Å². The number of furan rings is 1. The largest absolute Gasteiger partial charge is 0.467 e. The molecule has 2 rings (SSSR count). The van der Waals surface area contributed by atoms with Crippen LogP contribution in [0.5, 0.6) is 0 Å². The van der Waals surface area contributed by atoms with Gasteiger partial charge in [0.05, 0.1) is 18.8 Å². The van der Waals surface area contributed by atoms with Crippen LogP contribution in [0, 0.1) is 5.41 Å². The van der Waals surface area contributed by atoms with E-state index in [1.54, 1.807) is 6.26 Å². The van der Waals surface area contributed by atoms with Gasteiger partial charge in [-0.3, -0.25) is 4.79 Å². The Balaban J connectivity index is 1.70. The molecule has 1 fully saturated rings. The summed E-state index contributed by atoms with van der Waals surface area (Å²) in [5, 5.41) is 6.27. The number of nitrogens with one attached hydrogen (secondary N) is 2. The molecule has 1 atom stereocenters. The Kier molecular flexibility index (Phi) is 5.24. The Morgan fingerprint density at radius 3 is 2.80 bits per heavy atom. The van der Waals surface area contributed by atoms with E-state index in [1.807, 2.05) is 19.1 Å². The highest BCUT2D eigenvalue weighted by Crippen LogP contribution is 2.34. The van der Waals surface area contributed by atoms with Crippen LogP contribution in [-0.4, -0.2) is 18.5 Å². The molecule has 1 aliphatic carbocycles. The number of hydrogen-bond donors (Lipinski definition) is 2. The van der Waals surface area contributed by atoms with E-state index in [-0.39, 0.29) is 11.9 Å². The lowest BCUT2D eigenvalue weighted by molar-refractivity contribution is -0.123. The first-order valence-corrected chi connectivity index (χ1v) is 7.63. The number of carbonyl (C=O) groups is 1. The second kappa shape index (κ2) is 6.93. The molecule has 0 aliphatic heterocycles. The van der Waals surface area contributed by atoms with Crippen molar-refractivity contribution >= 4 is 5.91 Å². The van der Waals surface area contributed by atoms with Crippen LogP contribution in [0.4, 0.5) is 0 Å². The molecule has 1 heterocycles. The number of rotatable bonds is 6. The second-order valence-electron chi connectivity index (χ2n) is 6.27. The Hall–Kier alpha value is -1.29. The monoisotopic (exact) mass is 278 g/mol. The molecule has 1 saturated carbocycles. The molecule has 0 spiro atoms. The van der Waals surface area contributed by atoms with Gasteiger partial charge in [-0.2, -0.15) is 0 Å². The van der Waals surface area contributed by atoms with E-state index in [2.05, 4.69) is 17.6 Å². The molecule has 4 heteroatoms. The Bertz CT molecular complexity index is 408. The number of amides is 1. The summed E-state index contributed by atoms with van der Waals surface area (Å²) in [4.78, 5) is 12.0. The lowest BCUT2D eigenvalue weighted by Crippen LogP contribution is -2.46. The van der Waals surface area contributed by atoms with Crippen molar-refractivity contribution in [3.05, 3.63) is 24.2 Å². The predicted octanol–water partition coefficient (Wildman–Crippen LogP) is 2.84. The lowest BCUT2D eigenvalue weighted by atomic mass is 9.75. The lowest BCUT2D eigenvalue weighted by Gasteiger charge is -2.34. The quantitative estimate of drug-likeness (QED) is 0.841. The SMILES string of the molecule is CC(NCC1(C)CCCCC1)C(=O)NCc1ccco1. The van der Waals surface area contributed by atoms with Gasteiger partial charge in [-0.15, -0.1) is 0 Å². The minimum absolute atomic E-state index is 0.0285.